The van der Waals surface area contributed by atoms with Gasteiger partial charge in [0, 0.05) is 25.0 Å². The molecular weight excluding hydrogens is 358 g/mol. The second kappa shape index (κ2) is 9.45. The summed E-state index contributed by atoms with van der Waals surface area (Å²) in [5.74, 6) is 1.05. The predicted octanol–water partition coefficient (Wildman–Crippen LogP) is 3.41. The molecule has 1 atom stereocenters. The number of aryl methyl sites for hydroxylation is 1. The van der Waals surface area contributed by atoms with Crippen LogP contribution in [0.3, 0.4) is 0 Å². The number of carboxylic acid groups (broad SMARTS) is 1. The number of hydrogen-bond donors (Lipinski definition) is 2. The van der Waals surface area contributed by atoms with E-state index in [4.69, 9.17) is 9.52 Å². The Balaban J connectivity index is 1.58. The summed E-state index contributed by atoms with van der Waals surface area (Å²) >= 11 is 0. The van der Waals surface area contributed by atoms with Crippen molar-refractivity contribution < 1.29 is 19.1 Å². The van der Waals surface area contributed by atoms with Crippen molar-refractivity contribution in [3.8, 4) is 0 Å². The molecule has 28 heavy (non-hydrogen) atoms. The summed E-state index contributed by atoms with van der Waals surface area (Å²) < 4.78 is 5.97. The van der Waals surface area contributed by atoms with E-state index in [0.29, 0.717) is 6.54 Å². The van der Waals surface area contributed by atoms with E-state index in [1.54, 1.807) is 0 Å². The quantitative estimate of drug-likeness (QED) is 0.744. The normalized spacial score (nSPS) is 25.2. The van der Waals surface area contributed by atoms with Crippen molar-refractivity contribution in [1.82, 2.24) is 15.1 Å². The molecule has 1 aliphatic carbocycles. The Morgan fingerprint density at radius 2 is 2.04 bits per heavy atom. The van der Waals surface area contributed by atoms with Crippen molar-refractivity contribution in [3.05, 3.63) is 23.7 Å². The van der Waals surface area contributed by atoms with Crippen molar-refractivity contribution in [3.63, 3.8) is 0 Å². The minimum absolute atomic E-state index is 0.00201. The SMILES string of the molecule is CCc1ccc(C2CCCCCN2C(=O)NC2CC(N(CC)CC(=O)O)C2)o1. The number of nitrogens with one attached hydrogen (secondary N) is 1. The molecule has 3 rings (SSSR count). The molecular formula is C21H33N3O4. The van der Waals surface area contributed by atoms with Crippen molar-refractivity contribution in [2.75, 3.05) is 19.6 Å². The highest BCUT2D eigenvalue weighted by atomic mass is 16.4. The van der Waals surface area contributed by atoms with Crippen LogP contribution < -0.4 is 5.32 Å². The van der Waals surface area contributed by atoms with Gasteiger partial charge in [-0.1, -0.05) is 26.7 Å². The summed E-state index contributed by atoms with van der Waals surface area (Å²) in [6.07, 6.45) is 6.65. The average Bonchev–Trinajstić information content (AvgIpc) is 2.98. The van der Waals surface area contributed by atoms with Crippen molar-refractivity contribution in [1.29, 1.82) is 0 Å². The fraction of sp³-hybridized carbons (Fsp3) is 0.714. The maximum absolute atomic E-state index is 13.0. The largest absolute Gasteiger partial charge is 0.480 e. The van der Waals surface area contributed by atoms with Crippen molar-refractivity contribution in [2.24, 2.45) is 0 Å². The first-order valence-electron chi connectivity index (χ1n) is 10.6. The summed E-state index contributed by atoms with van der Waals surface area (Å²) in [5.41, 5.74) is 0. The molecule has 0 radical (unpaired) electrons. The van der Waals surface area contributed by atoms with Crippen LogP contribution in [-0.2, 0) is 11.2 Å². The molecule has 0 aromatic carbocycles. The fourth-order valence-electron chi connectivity index (χ4n) is 4.35. The Bertz CT molecular complexity index is 668. The fourth-order valence-corrected chi connectivity index (χ4v) is 4.35. The maximum Gasteiger partial charge on any atom is 0.318 e. The van der Waals surface area contributed by atoms with Crippen LogP contribution in [-0.4, -0.2) is 58.6 Å². The Kier molecular flexibility index (Phi) is 6.99. The lowest BCUT2D eigenvalue weighted by Crippen LogP contribution is -2.57. The Morgan fingerprint density at radius 3 is 2.68 bits per heavy atom. The van der Waals surface area contributed by atoms with Crippen LogP contribution in [0, 0.1) is 0 Å². The number of furan rings is 1. The topological polar surface area (TPSA) is 86.0 Å². The molecule has 2 N–H and O–H groups in total. The number of hydrogen-bond acceptors (Lipinski definition) is 4. The number of urea groups is 1. The minimum atomic E-state index is -0.799. The third-order valence-electron chi connectivity index (χ3n) is 6.07. The summed E-state index contributed by atoms with van der Waals surface area (Å²) in [6.45, 7) is 5.56. The lowest BCUT2D eigenvalue weighted by Gasteiger charge is -2.43. The first-order chi connectivity index (χ1) is 13.5. The third-order valence-corrected chi connectivity index (χ3v) is 6.07. The van der Waals surface area contributed by atoms with E-state index >= 15 is 0 Å². The van der Waals surface area contributed by atoms with Gasteiger partial charge in [-0.05, 0) is 44.4 Å². The standard InChI is InChI=1S/C21H33N3O4/c1-3-17-9-10-19(28-17)18-8-6-5-7-11-24(18)21(27)22-15-12-16(13-15)23(4-2)14-20(25)26/h9-10,15-16,18H,3-8,11-14H2,1-2H3,(H,22,27)(H,25,26). The summed E-state index contributed by atoms with van der Waals surface area (Å²) in [5, 5.41) is 12.2. The van der Waals surface area contributed by atoms with Crippen LogP contribution in [0.25, 0.3) is 0 Å². The van der Waals surface area contributed by atoms with Gasteiger partial charge < -0.3 is 19.7 Å². The minimum Gasteiger partial charge on any atom is -0.480 e. The van der Waals surface area contributed by atoms with Crippen LogP contribution in [0.5, 0.6) is 0 Å². The molecule has 7 heteroatoms. The zero-order valence-corrected chi connectivity index (χ0v) is 17.0. The third kappa shape index (κ3) is 4.87. The molecule has 1 aliphatic heterocycles. The van der Waals surface area contributed by atoms with Crippen LogP contribution in [0.1, 0.15) is 69.9 Å². The molecule has 1 unspecified atom stereocenters. The number of nitrogens with zero attached hydrogens (tertiary/aromatic N) is 2. The van der Waals surface area contributed by atoms with Gasteiger partial charge in [0.1, 0.15) is 11.5 Å². The molecule has 2 amide bonds. The van der Waals surface area contributed by atoms with Crippen LogP contribution in [0.15, 0.2) is 16.5 Å². The number of aliphatic carboxylic acids is 1. The molecule has 2 fully saturated rings. The summed E-state index contributed by atoms with van der Waals surface area (Å²) in [4.78, 5) is 27.9. The van der Waals surface area contributed by atoms with Gasteiger partial charge in [-0.3, -0.25) is 9.69 Å². The number of likely N-dealkylation sites (tertiary alicyclic amines) is 1. The van der Waals surface area contributed by atoms with Gasteiger partial charge in [-0.2, -0.15) is 0 Å². The van der Waals surface area contributed by atoms with E-state index in [1.165, 1.54) is 0 Å². The lowest BCUT2D eigenvalue weighted by molar-refractivity contribution is -0.139. The van der Waals surface area contributed by atoms with Gasteiger partial charge in [0.05, 0.1) is 12.6 Å². The van der Waals surface area contributed by atoms with Gasteiger partial charge >= 0.3 is 12.0 Å². The average molecular weight is 392 g/mol. The van der Waals surface area contributed by atoms with Crippen molar-refractivity contribution in [2.45, 2.75) is 76.9 Å². The number of carboxylic acids is 1. The lowest BCUT2D eigenvalue weighted by atomic mass is 9.85. The summed E-state index contributed by atoms with van der Waals surface area (Å²) in [7, 11) is 0. The van der Waals surface area contributed by atoms with Gasteiger partial charge in [0.15, 0.2) is 0 Å². The summed E-state index contributed by atoms with van der Waals surface area (Å²) in [6, 6.07) is 4.35. The number of amides is 2. The molecule has 0 bridgehead atoms. The van der Waals surface area contributed by atoms with E-state index < -0.39 is 5.97 Å². The van der Waals surface area contributed by atoms with Gasteiger partial charge in [-0.15, -0.1) is 0 Å². The molecule has 7 nitrogen and oxygen atoms in total. The highest BCUT2D eigenvalue weighted by Gasteiger charge is 2.37. The molecule has 0 spiro atoms. The van der Waals surface area contributed by atoms with Crippen LogP contribution >= 0.6 is 0 Å². The Labute approximate surface area is 167 Å². The van der Waals surface area contributed by atoms with Gasteiger partial charge in [0.2, 0.25) is 0 Å². The van der Waals surface area contributed by atoms with Gasteiger partial charge in [0.25, 0.3) is 0 Å². The highest BCUT2D eigenvalue weighted by Crippen LogP contribution is 2.32. The Morgan fingerprint density at radius 1 is 1.25 bits per heavy atom. The first kappa shape index (κ1) is 20.7. The molecule has 1 saturated heterocycles. The highest BCUT2D eigenvalue weighted by molar-refractivity contribution is 5.75. The van der Waals surface area contributed by atoms with E-state index in [1.807, 2.05) is 28.9 Å². The predicted molar refractivity (Wildman–Crippen MR) is 106 cm³/mol. The van der Waals surface area contributed by atoms with Crippen molar-refractivity contribution >= 4 is 12.0 Å². The molecule has 2 heterocycles. The number of likely N-dealkylation sites (N-methyl/N-ethyl adjacent to an activating group) is 1. The zero-order chi connectivity index (χ0) is 20.1. The van der Waals surface area contributed by atoms with E-state index in [9.17, 15) is 9.59 Å². The maximum atomic E-state index is 13.0. The van der Waals surface area contributed by atoms with Gasteiger partial charge in [-0.25, -0.2) is 4.79 Å². The molecule has 1 aromatic rings. The second-order valence-corrected chi connectivity index (χ2v) is 7.94. The molecule has 156 valence electrons. The smallest absolute Gasteiger partial charge is 0.318 e. The van der Waals surface area contributed by atoms with E-state index in [-0.39, 0.29) is 30.7 Å². The number of carbonyl (C=O) groups excluding carboxylic acids is 1. The van der Waals surface area contributed by atoms with Crippen LogP contribution in [0.4, 0.5) is 4.79 Å². The molecule has 1 aromatic heterocycles. The number of rotatable bonds is 7. The number of carbonyl (C=O) groups is 2. The first-order valence-corrected chi connectivity index (χ1v) is 10.6. The zero-order valence-electron chi connectivity index (χ0n) is 17.0. The van der Waals surface area contributed by atoms with E-state index in [0.717, 1.165) is 63.0 Å². The monoisotopic (exact) mass is 391 g/mol. The van der Waals surface area contributed by atoms with E-state index in [2.05, 4.69) is 12.2 Å². The molecule has 2 aliphatic rings. The second-order valence-electron chi connectivity index (χ2n) is 7.94. The Hall–Kier alpha value is -2.02. The molecule has 1 saturated carbocycles. The van der Waals surface area contributed by atoms with Crippen LogP contribution in [0.2, 0.25) is 0 Å².